The summed E-state index contributed by atoms with van der Waals surface area (Å²) in [5, 5.41) is 2.91. The summed E-state index contributed by atoms with van der Waals surface area (Å²) in [5.74, 6) is -0.284. The molecule has 0 radical (unpaired) electrons. The fourth-order valence-corrected chi connectivity index (χ4v) is 2.41. The predicted molar refractivity (Wildman–Crippen MR) is 80.6 cm³/mol. The number of anilines is 1. The van der Waals surface area contributed by atoms with Crippen molar-refractivity contribution in [3.63, 3.8) is 0 Å². The summed E-state index contributed by atoms with van der Waals surface area (Å²) in [6.45, 7) is 3.09. The van der Waals surface area contributed by atoms with Gasteiger partial charge in [-0.3, -0.25) is 4.79 Å². The quantitative estimate of drug-likeness (QED) is 0.784. The summed E-state index contributed by atoms with van der Waals surface area (Å²) >= 11 is 0. The van der Waals surface area contributed by atoms with Crippen molar-refractivity contribution in [1.82, 2.24) is 0 Å². The highest BCUT2D eigenvalue weighted by molar-refractivity contribution is 5.93. The number of nitrogens with one attached hydrogen (secondary N) is 1. The summed E-state index contributed by atoms with van der Waals surface area (Å²) in [6, 6.07) is 7.89. The number of carbonyl (C=O) groups excluding carboxylic acids is 1. The molecule has 4 nitrogen and oxygen atoms in total. The zero-order valence-corrected chi connectivity index (χ0v) is 12.1. The van der Waals surface area contributed by atoms with Crippen molar-refractivity contribution < 1.29 is 9.53 Å². The highest BCUT2D eigenvalue weighted by Crippen LogP contribution is 2.16. The third-order valence-corrected chi connectivity index (χ3v) is 3.75. The van der Waals surface area contributed by atoms with Gasteiger partial charge in [-0.05, 0) is 30.5 Å². The number of hydrogen-bond donors (Lipinski definition) is 2. The van der Waals surface area contributed by atoms with E-state index in [-0.39, 0.29) is 17.9 Å². The van der Waals surface area contributed by atoms with Gasteiger partial charge in [-0.15, -0.1) is 0 Å². The largest absolute Gasteiger partial charge is 0.379 e. The molecule has 1 aromatic carbocycles. The lowest BCUT2D eigenvalue weighted by Gasteiger charge is -2.13. The van der Waals surface area contributed by atoms with Crippen LogP contribution >= 0.6 is 0 Å². The van der Waals surface area contributed by atoms with Gasteiger partial charge in [-0.1, -0.05) is 31.9 Å². The Bertz CT molecular complexity index is 431. The van der Waals surface area contributed by atoms with Crippen LogP contribution in [0.25, 0.3) is 0 Å². The molecule has 4 heteroatoms. The average molecular weight is 276 g/mol. The number of amides is 1. The maximum Gasteiger partial charge on any atom is 0.231 e. The van der Waals surface area contributed by atoms with Crippen LogP contribution in [-0.2, 0) is 16.0 Å². The maximum absolute atomic E-state index is 12.0. The molecular weight excluding hydrogens is 252 g/mol. The number of hydrogen-bond acceptors (Lipinski definition) is 3. The topological polar surface area (TPSA) is 64.3 Å². The van der Waals surface area contributed by atoms with Crippen LogP contribution in [0.4, 0.5) is 5.69 Å². The number of unbranched alkanes of at least 4 members (excludes halogenated alkanes) is 2. The van der Waals surface area contributed by atoms with Crippen LogP contribution < -0.4 is 11.1 Å². The molecule has 0 spiro atoms. The molecule has 2 atom stereocenters. The number of nitrogens with two attached hydrogens (primary N) is 1. The molecule has 1 aliphatic heterocycles. The van der Waals surface area contributed by atoms with E-state index in [1.54, 1.807) is 0 Å². The Morgan fingerprint density at radius 1 is 1.30 bits per heavy atom. The van der Waals surface area contributed by atoms with Gasteiger partial charge in [0.2, 0.25) is 5.91 Å². The van der Waals surface area contributed by atoms with Crippen molar-refractivity contribution in [1.29, 1.82) is 0 Å². The summed E-state index contributed by atoms with van der Waals surface area (Å²) in [5.41, 5.74) is 7.98. The van der Waals surface area contributed by atoms with E-state index in [4.69, 9.17) is 10.5 Å². The van der Waals surface area contributed by atoms with Gasteiger partial charge >= 0.3 is 0 Å². The zero-order chi connectivity index (χ0) is 14.4. The Kier molecular flexibility index (Phi) is 5.56. The first-order valence-electron chi connectivity index (χ1n) is 7.44. The standard InChI is InChI=1S/C16H24N2O2/c1-2-3-4-5-12-6-8-13(9-7-12)18-16(19)14-10-20-11-15(14)17/h6-9,14-15H,2-5,10-11,17H2,1H3,(H,18,19). The van der Waals surface area contributed by atoms with Crippen molar-refractivity contribution in [3.8, 4) is 0 Å². The minimum absolute atomic E-state index is 0.0475. The van der Waals surface area contributed by atoms with Gasteiger partial charge in [0.1, 0.15) is 0 Å². The summed E-state index contributed by atoms with van der Waals surface area (Å²) < 4.78 is 5.22. The molecule has 1 saturated heterocycles. The number of benzene rings is 1. The van der Waals surface area contributed by atoms with Crippen molar-refractivity contribution >= 4 is 11.6 Å². The first-order valence-corrected chi connectivity index (χ1v) is 7.44. The Hall–Kier alpha value is -1.39. The summed E-state index contributed by atoms with van der Waals surface area (Å²) in [6.07, 6.45) is 4.82. The molecule has 110 valence electrons. The highest BCUT2D eigenvalue weighted by atomic mass is 16.5. The molecule has 1 aromatic rings. The lowest BCUT2D eigenvalue weighted by atomic mass is 10.0. The third kappa shape index (κ3) is 4.05. The second-order valence-electron chi connectivity index (χ2n) is 5.45. The predicted octanol–water partition coefficient (Wildman–Crippen LogP) is 2.33. The van der Waals surface area contributed by atoms with E-state index in [9.17, 15) is 4.79 Å². The van der Waals surface area contributed by atoms with E-state index in [1.165, 1.54) is 24.8 Å². The fourth-order valence-electron chi connectivity index (χ4n) is 2.41. The molecule has 1 heterocycles. The van der Waals surface area contributed by atoms with Crippen LogP contribution in [0.3, 0.4) is 0 Å². The smallest absolute Gasteiger partial charge is 0.231 e. The van der Waals surface area contributed by atoms with E-state index in [0.717, 1.165) is 12.1 Å². The van der Waals surface area contributed by atoms with Crippen LogP contribution in [0.2, 0.25) is 0 Å². The Morgan fingerprint density at radius 3 is 2.65 bits per heavy atom. The van der Waals surface area contributed by atoms with Gasteiger partial charge in [0.15, 0.2) is 0 Å². The van der Waals surface area contributed by atoms with Gasteiger partial charge in [-0.25, -0.2) is 0 Å². The fraction of sp³-hybridized carbons (Fsp3) is 0.562. The number of aryl methyl sites for hydroxylation is 1. The molecule has 0 aliphatic carbocycles. The normalized spacial score (nSPS) is 21.9. The lowest BCUT2D eigenvalue weighted by Crippen LogP contribution is -2.37. The monoisotopic (exact) mass is 276 g/mol. The molecule has 0 aromatic heterocycles. The van der Waals surface area contributed by atoms with E-state index in [0.29, 0.717) is 13.2 Å². The third-order valence-electron chi connectivity index (χ3n) is 3.75. The zero-order valence-electron chi connectivity index (χ0n) is 12.1. The summed E-state index contributed by atoms with van der Waals surface area (Å²) in [7, 11) is 0. The van der Waals surface area contributed by atoms with Gasteiger partial charge < -0.3 is 15.8 Å². The molecule has 0 bridgehead atoms. The van der Waals surface area contributed by atoms with Gasteiger partial charge in [0.05, 0.1) is 19.1 Å². The molecular formula is C16H24N2O2. The van der Waals surface area contributed by atoms with E-state index < -0.39 is 0 Å². The molecule has 1 amide bonds. The Morgan fingerprint density at radius 2 is 2.05 bits per heavy atom. The average Bonchev–Trinajstić information content (AvgIpc) is 2.87. The Labute approximate surface area is 120 Å². The van der Waals surface area contributed by atoms with Crippen molar-refractivity contribution in [2.45, 2.75) is 38.6 Å². The molecule has 20 heavy (non-hydrogen) atoms. The lowest BCUT2D eigenvalue weighted by molar-refractivity contribution is -0.120. The van der Waals surface area contributed by atoms with Gasteiger partial charge in [-0.2, -0.15) is 0 Å². The van der Waals surface area contributed by atoms with Crippen LogP contribution in [0.15, 0.2) is 24.3 Å². The van der Waals surface area contributed by atoms with Gasteiger partial charge in [0.25, 0.3) is 0 Å². The second kappa shape index (κ2) is 7.41. The maximum atomic E-state index is 12.0. The van der Waals surface area contributed by atoms with E-state index in [2.05, 4.69) is 24.4 Å². The van der Waals surface area contributed by atoms with Crippen LogP contribution in [-0.4, -0.2) is 25.2 Å². The summed E-state index contributed by atoms with van der Waals surface area (Å²) in [4.78, 5) is 12.0. The molecule has 0 saturated carbocycles. The van der Waals surface area contributed by atoms with E-state index >= 15 is 0 Å². The minimum Gasteiger partial charge on any atom is -0.379 e. The highest BCUT2D eigenvalue weighted by Gasteiger charge is 2.31. The van der Waals surface area contributed by atoms with Gasteiger partial charge in [0, 0.05) is 11.7 Å². The first-order chi connectivity index (χ1) is 9.70. The van der Waals surface area contributed by atoms with Crippen molar-refractivity contribution in [2.24, 2.45) is 11.7 Å². The molecule has 2 rings (SSSR count). The van der Waals surface area contributed by atoms with Crippen LogP contribution in [0, 0.1) is 5.92 Å². The van der Waals surface area contributed by atoms with E-state index in [1.807, 2.05) is 12.1 Å². The van der Waals surface area contributed by atoms with Crippen LogP contribution in [0.5, 0.6) is 0 Å². The number of ether oxygens (including phenoxy) is 1. The number of rotatable bonds is 6. The molecule has 3 N–H and O–H groups in total. The van der Waals surface area contributed by atoms with Crippen LogP contribution in [0.1, 0.15) is 31.7 Å². The first kappa shape index (κ1) is 15.0. The SMILES string of the molecule is CCCCCc1ccc(NC(=O)C2COCC2N)cc1. The Balaban J connectivity index is 1.85. The van der Waals surface area contributed by atoms with Crippen molar-refractivity contribution in [3.05, 3.63) is 29.8 Å². The molecule has 2 unspecified atom stereocenters. The minimum atomic E-state index is -0.237. The van der Waals surface area contributed by atoms with Crippen molar-refractivity contribution in [2.75, 3.05) is 18.5 Å². The number of carbonyl (C=O) groups is 1. The second-order valence-corrected chi connectivity index (χ2v) is 5.45. The molecule has 1 aliphatic rings. The molecule has 1 fully saturated rings.